The topological polar surface area (TPSA) is 65.1 Å². The molecule has 0 N–H and O–H groups in total. The highest BCUT2D eigenvalue weighted by Gasteiger charge is 2.27. The summed E-state index contributed by atoms with van der Waals surface area (Å²) >= 11 is 0. The first-order valence-corrected chi connectivity index (χ1v) is 8.43. The minimum absolute atomic E-state index is 0.0412. The Labute approximate surface area is 150 Å². The van der Waals surface area contributed by atoms with Crippen LogP contribution in [0.3, 0.4) is 0 Å². The Kier molecular flexibility index (Phi) is 7.74. The smallest absolute Gasteiger partial charge is 0.311 e. The zero-order chi connectivity index (χ0) is 19.1. The molecule has 0 radical (unpaired) electrons. The Hall–Kier alpha value is -2.24. The molecular weight excluding hydrogens is 322 g/mol. The van der Waals surface area contributed by atoms with Crippen molar-refractivity contribution in [1.29, 1.82) is 0 Å². The second kappa shape index (κ2) is 9.30. The Balaban J connectivity index is 2.74. The van der Waals surface area contributed by atoms with Gasteiger partial charge >= 0.3 is 5.97 Å². The van der Waals surface area contributed by atoms with Crippen LogP contribution in [0, 0.1) is 0 Å². The molecule has 1 amide bonds. The zero-order valence-corrected chi connectivity index (χ0v) is 16.2. The van der Waals surface area contributed by atoms with Crippen LogP contribution in [0.2, 0.25) is 0 Å². The number of carbonyl (C=O) groups is 2. The van der Waals surface area contributed by atoms with Crippen molar-refractivity contribution in [3.63, 3.8) is 0 Å². The number of hydrogen-bond donors (Lipinski definition) is 0. The van der Waals surface area contributed by atoms with Crippen molar-refractivity contribution in [2.45, 2.75) is 59.2 Å². The fourth-order valence-corrected chi connectivity index (χ4v) is 2.76. The predicted octanol–water partition coefficient (Wildman–Crippen LogP) is 2.82. The van der Waals surface area contributed by atoms with Gasteiger partial charge in [0.2, 0.25) is 0 Å². The van der Waals surface area contributed by atoms with Crippen LogP contribution < -0.4 is 9.47 Å². The lowest BCUT2D eigenvalue weighted by atomic mass is 10.1. The van der Waals surface area contributed by atoms with Crippen LogP contribution >= 0.6 is 0 Å². The van der Waals surface area contributed by atoms with Crippen molar-refractivity contribution in [3.8, 4) is 11.5 Å². The lowest BCUT2D eigenvalue weighted by Gasteiger charge is -2.32. The van der Waals surface area contributed by atoms with E-state index in [0.717, 1.165) is 5.56 Å². The average molecular weight is 351 g/mol. The molecule has 0 aliphatic carbocycles. The van der Waals surface area contributed by atoms with Crippen LogP contribution in [0.25, 0.3) is 0 Å². The standard InChI is InChI=1S/C19H29NO5/c1-12(2)20(13(3)4)19(22)14(5)25-18(21)11-15-8-9-16(23-6)17(10-15)24-7/h8-10,12-14H,11H2,1-7H3. The van der Waals surface area contributed by atoms with Crippen LogP contribution in [-0.4, -0.2) is 49.2 Å². The monoisotopic (exact) mass is 351 g/mol. The number of amides is 1. The van der Waals surface area contributed by atoms with Gasteiger partial charge in [0.15, 0.2) is 17.6 Å². The summed E-state index contributed by atoms with van der Waals surface area (Å²) in [6.07, 6.45) is -0.765. The van der Waals surface area contributed by atoms with Crippen molar-refractivity contribution < 1.29 is 23.8 Å². The van der Waals surface area contributed by atoms with E-state index in [0.29, 0.717) is 11.5 Å². The number of ether oxygens (including phenoxy) is 3. The van der Waals surface area contributed by atoms with Gasteiger partial charge in [-0.05, 0) is 52.3 Å². The average Bonchev–Trinajstić information content (AvgIpc) is 2.53. The quantitative estimate of drug-likeness (QED) is 0.674. The summed E-state index contributed by atoms with van der Waals surface area (Å²) in [4.78, 5) is 26.4. The SMILES string of the molecule is COc1ccc(CC(=O)OC(C)C(=O)N(C(C)C)C(C)C)cc1OC. The molecule has 1 rings (SSSR count). The van der Waals surface area contributed by atoms with E-state index in [9.17, 15) is 9.59 Å². The molecule has 0 aliphatic rings. The summed E-state index contributed by atoms with van der Waals surface area (Å²) in [5.74, 6) is 0.488. The summed E-state index contributed by atoms with van der Waals surface area (Å²) in [6, 6.07) is 5.30. The van der Waals surface area contributed by atoms with E-state index in [2.05, 4.69) is 0 Å². The molecule has 140 valence electrons. The minimum atomic E-state index is -0.822. The van der Waals surface area contributed by atoms with Crippen molar-refractivity contribution in [1.82, 2.24) is 4.90 Å². The van der Waals surface area contributed by atoms with Crippen LogP contribution in [0.4, 0.5) is 0 Å². The van der Waals surface area contributed by atoms with E-state index in [1.165, 1.54) is 7.11 Å². The summed E-state index contributed by atoms with van der Waals surface area (Å²) in [6.45, 7) is 9.37. The molecule has 0 saturated carbocycles. The van der Waals surface area contributed by atoms with Crippen LogP contribution in [0.15, 0.2) is 18.2 Å². The Morgan fingerprint density at radius 3 is 2.00 bits per heavy atom. The maximum atomic E-state index is 12.5. The van der Waals surface area contributed by atoms with Gasteiger partial charge in [-0.25, -0.2) is 0 Å². The molecule has 0 spiro atoms. The Bertz CT molecular complexity index is 589. The molecule has 0 fully saturated rings. The van der Waals surface area contributed by atoms with Crippen LogP contribution in [-0.2, 0) is 20.7 Å². The number of esters is 1. The number of carbonyl (C=O) groups excluding carboxylic acids is 2. The molecule has 6 heteroatoms. The maximum absolute atomic E-state index is 12.5. The van der Waals surface area contributed by atoms with E-state index in [4.69, 9.17) is 14.2 Å². The van der Waals surface area contributed by atoms with Gasteiger partial charge in [-0.15, -0.1) is 0 Å². The van der Waals surface area contributed by atoms with Gasteiger partial charge in [-0.2, -0.15) is 0 Å². The van der Waals surface area contributed by atoms with Crippen molar-refractivity contribution in [2.24, 2.45) is 0 Å². The first-order valence-electron chi connectivity index (χ1n) is 8.43. The van der Waals surface area contributed by atoms with Gasteiger partial charge in [0.1, 0.15) is 0 Å². The van der Waals surface area contributed by atoms with Gasteiger partial charge in [0.05, 0.1) is 20.6 Å². The number of methoxy groups -OCH3 is 2. The Morgan fingerprint density at radius 2 is 1.52 bits per heavy atom. The van der Waals surface area contributed by atoms with Crippen LogP contribution in [0.1, 0.15) is 40.2 Å². The summed E-state index contributed by atoms with van der Waals surface area (Å²) in [7, 11) is 3.08. The summed E-state index contributed by atoms with van der Waals surface area (Å²) < 4.78 is 15.7. The second-order valence-corrected chi connectivity index (χ2v) is 6.43. The highest BCUT2D eigenvalue weighted by Crippen LogP contribution is 2.27. The van der Waals surface area contributed by atoms with E-state index >= 15 is 0 Å². The van der Waals surface area contributed by atoms with E-state index < -0.39 is 12.1 Å². The van der Waals surface area contributed by atoms with Gasteiger partial charge in [0, 0.05) is 12.1 Å². The fraction of sp³-hybridized carbons (Fsp3) is 0.579. The number of benzene rings is 1. The summed E-state index contributed by atoms with van der Waals surface area (Å²) in [5.41, 5.74) is 0.729. The molecule has 25 heavy (non-hydrogen) atoms. The Morgan fingerprint density at radius 1 is 0.960 bits per heavy atom. The van der Waals surface area contributed by atoms with E-state index in [1.54, 1.807) is 37.1 Å². The third-order valence-corrected chi connectivity index (χ3v) is 3.82. The van der Waals surface area contributed by atoms with Crippen LogP contribution in [0.5, 0.6) is 11.5 Å². The largest absolute Gasteiger partial charge is 0.493 e. The van der Waals surface area contributed by atoms with Crippen molar-refractivity contribution >= 4 is 11.9 Å². The molecule has 1 aromatic carbocycles. The predicted molar refractivity (Wildman–Crippen MR) is 95.9 cm³/mol. The minimum Gasteiger partial charge on any atom is -0.493 e. The van der Waals surface area contributed by atoms with E-state index in [1.807, 2.05) is 27.7 Å². The molecule has 0 bridgehead atoms. The molecule has 1 atom stereocenters. The third kappa shape index (κ3) is 5.66. The normalized spacial score (nSPS) is 12.0. The van der Waals surface area contributed by atoms with Gasteiger partial charge in [-0.3, -0.25) is 9.59 Å². The lowest BCUT2D eigenvalue weighted by Crippen LogP contribution is -2.47. The van der Waals surface area contributed by atoms with Crippen molar-refractivity contribution in [2.75, 3.05) is 14.2 Å². The first-order chi connectivity index (χ1) is 11.7. The number of rotatable bonds is 8. The molecular formula is C19H29NO5. The fourth-order valence-electron chi connectivity index (χ4n) is 2.76. The van der Waals surface area contributed by atoms with Crippen molar-refractivity contribution in [3.05, 3.63) is 23.8 Å². The second-order valence-electron chi connectivity index (χ2n) is 6.43. The molecule has 0 heterocycles. The van der Waals surface area contributed by atoms with Gasteiger partial charge in [0.25, 0.3) is 5.91 Å². The number of hydrogen-bond acceptors (Lipinski definition) is 5. The molecule has 6 nitrogen and oxygen atoms in total. The third-order valence-electron chi connectivity index (χ3n) is 3.82. The lowest BCUT2D eigenvalue weighted by molar-refractivity contribution is -0.160. The van der Waals surface area contributed by atoms with Gasteiger partial charge in [-0.1, -0.05) is 6.07 Å². The van der Waals surface area contributed by atoms with E-state index in [-0.39, 0.29) is 24.4 Å². The highest BCUT2D eigenvalue weighted by atomic mass is 16.5. The van der Waals surface area contributed by atoms with Gasteiger partial charge < -0.3 is 19.1 Å². The summed E-state index contributed by atoms with van der Waals surface area (Å²) in [5, 5.41) is 0. The highest BCUT2D eigenvalue weighted by molar-refractivity contribution is 5.84. The molecule has 1 unspecified atom stereocenters. The zero-order valence-electron chi connectivity index (χ0n) is 16.2. The molecule has 0 aromatic heterocycles. The molecule has 0 saturated heterocycles. The number of nitrogens with zero attached hydrogens (tertiary/aromatic N) is 1. The molecule has 0 aliphatic heterocycles. The maximum Gasteiger partial charge on any atom is 0.311 e. The first kappa shape index (κ1) is 20.8. The molecule has 1 aromatic rings.